The number of carbonyl (C=O) groups excluding carboxylic acids is 1. The molecule has 1 amide bonds. The molecule has 28 heavy (non-hydrogen) atoms. The quantitative estimate of drug-likeness (QED) is 0.692. The highest BCUT2D eigenvalue weighted by atomic mass is 19.1. The average Bonchev–Trinajstić information content (AvgIpc) is 3.19. The Labute approximate surface area is 162 Å². The number of piperidine rings is 1. The SMILES string of the molecule is Cc1cnc(C(=O)N2CCCC(c3ncc(Cc4ccccc4F)o3)C2)cn1. The van der Waals surface area contributed by atoms with Crippen molar-refractivity contribution in [2.24, 2.45) is 0 Å². The van der Waals surface area contributed by atoms with Gasteiger partial charge in [-0.05, 0) is 31.4 Å². The van der Waals surface area contributed by atoms with Crippen LogP contribution in [0.4, 0.5) is 4.39 Å². The highest BCUT2D eigenvalue weighted by Gasteiger charge is 2.29. The fourth-order valence-corrected chi connectivity index (χ4v) is 3.45. The summed E-state index contributed by atoms with van der Waals surface area (Å²) in [5.41, 5.74) is 1.69. The maximum absolute atomic E-state index is 13.8. The zero-order valence-electron chi connectivity index (χ0n) is 15.6. The van der Waals surface area contributed by atoms with Gasteiger partial charge in [-0.2, -0.15) is 0 Å². The Kier molecular flexibility index (Phi) is 5.14. The third-order valence-corrected chi connectivity index (χ3v) is 4.95. The third kappa shape index (κ3) is 3.93. The van der Waals surface area contributed by atoms with Crippen molar-refractivity contribution < 1.29 is 13.6 Å². The van der Waals surface area contributed by atoms with Crippen molar-refractivity contribution in [3.8, 4) is 0 Å². The number of aryl methyl sites for hydroxylation is 1. The van der Waals surface area contributed by atoms with Crippen molar-refractivity contribution >= 4 is 5.91 Å². The standard InChI is InChI=1S/C21H21FN4O2/c1-14-10-24-19(12-23-14)21(27)26-8-4-6-16(13-26)20-25-11-17(28-20)9-15-5-2-3-7-18(15)22/h2-3,5,7,10-12,16H,4,6,8-9,13H2,1H3. The summed E-state index contributed by atoms with van der Waals surface area (Å²) in [4.78, 5) is 27.2. The number of hydrogen-bond donors (Lipinski definition) is 0. The minimum atomic E-state index is -0.255. The van der Waals surface area contributed by atoms with Gasteiger partial charge < -0.3 is 9.32 Å². The highest BCUT2D eigenvalue weighted by Crippen LogP contribution is 2.28. The minimum Gasteiger partial charge on any atom is -0.445 e. The van der Waals surface area contributed by atoms with E-state index in [1.165, 1.54) is 12.3 Å². The second-order valence-electron chi connectivity index (χ2n) is 7.07. The lowest BCUT2D eigenvalue weighted by Gasteiger charge is -2.31. The first kappa shape index (κ1) is 18.3. The van der Waals surface area contributed by atoms with Gasteiger partial charge in [-0.1, -0.05) is 18.2 Å². The molecular formula is C21H21FN4O2. The Morgan fingerprint density at radius 3 is 2.86 bits per heavy atom. The lowest BCUT2D eigenvalue weighted by atomic mass is 9.98. The second kappa shape index (κ2) is 7.88. The summed E-state index contributed by atoms with van der Waals surface area (Å²) in [6.45, 7) is 3.03. The van der Waals surface area contributed by atoms with E-state index in [9.17, 15) is 9.18 Å². The van der Waals surface area contributed by atoms with Crippen LogP contribution in [0, 0.1) is 12.7 Å². The predicted molar refractivity (Wildman–Crippen MR) is 100 cm³/mol. The second-order valence-corrected chi connectivity index (χ2v) is 7.07. The highest BCUT2D eigenvalue weighted by molar-refractivity contribution is 5.92. The van der Waals surface area contributed by atoms with Crippen molar-refractivity contribution in [1.82, 2.24) is 19.9 Å². The number of halogens is 1. The van der Waals surface area contributed by atoms with Crippen LogP contribution in [0.25, 0.3) is 0 Å². The fourth-order valence-electron chi connectivity index (χ4n) is 3.45. The fraction of sp³-hybridized carbons (Fsp3) is 0.333. The van der Waals surface area contributed by atoms with E-state index in [4.69, 9.17) is 4.42 Å². The number of hydrogen-bond acceptors (Lipinski definition) is 5. The van der Waals surface area contributed by atoms with Crippen LogP contribution in [-0.2, 0) is 6.42 Å². The molecule has 0 spiro atoms. The molecule has 3 aromatic rings. The van der Waals surface area contributed by atoms with Gasteiger partial charge >= 0.3 is 0 Å². The third-order valence-electron chi connectivity index (χ3n) is 4.95. The van der Waals surface area contributed by atoms with Crippen molar-refractivity contribution in [2.45, 2.75) is 32.1 Å². The first-order valence-corrected chi connectivity index (χ1v) is 9.36. The van der Waals surface area contributed by atoms with Crippen LogP contribution in [-0.4, -0.2) is 38.8 Å². The Bertz CT molecular complexity index is 971. The molecule has 0 radical (unpaired) electrons. The molecule has 1 aromatic carbocycles. The van der Waals surface area contributed by atoms with E-state index in [1.807, 2.05) is 6.92 Å². The Balaban J connectivity index is 1.45. The number of rotatable bonds is 4. The van der Waals surface area contributed by atoms with E-state index in [0.717, 1.165) is 18.5 Å². The Morgan fingerprint density at radius 2 is 2.07 bits per heavy atom. The number of amides is 1. The van der Waals surface area contributed by atoms with Gasteiger partial charge in [0.05, 0.1) is 24.0 Å². The van der Waals surface area contributed by atoms with Gasteiger partial charge in [-0.15, -0.1) is 0 Å². The van der Waals surface area contributed by atoms with E-state index in [1.54, 1.807) is 35.5 Å². The largest absolute Gasteiger partial charge is 0.445 e. The minimum absolute atomic E-state index is 0.0190. The summed E-state index contributed by atoms with van der Waals surface area (Å²) in [7, 11) is 0. The molecule has 1 fully saturated rings. The molecule has 144 valence electrons. The van der Waals surface area contributed by atoms with Crippen LogP contribution < -0.4 is 0 Å². The molecule has 4 rings (SSSR count). The average molecular weight is 380 g/mol. The molecule has 1 aliphatic rings. The van der Waals surface area contributed by atoms with Crippen LogP contribution in [0.15, 0.2) is 47.3 Å². The number of aromatic nitrogens is 3. The van der Waals surface area contributed by atoms with Crippen molar-refractivity contribution in [3.05, 3.63) is 77.3 Å². The molecule has 3 heterocycles. The maximum Gasteiger partial charge on any atom is 0.274 e. The zero-order chi connectivity index (χ0) is 19.5. The molecule has 1 atom stereocenters. The lowest BCUT2D eigenvalue weighted by molar-refractivity contribution is 0.0691. The van der Waals surface area contributed by atoms with Crippen LogP contribution >= 0.6 is 0 Å². The molecule has 0 saturated carbocycles. The number of nitrogens with zero attached hydrogens (tertiary/aromatic N) is 4. The molecule has 7 heteroatoms. The number of benzene rings is 1. The van der Waals surface area contributed by atoms with Crippen molar-refractivity contribution in [1.29, 1.82) is 0 Å². The molecule has 6 nitrogen and oxygen atoms in total. The number of likely N-dealkylation sites (tertiary alicyclic amines) is 1. The molecule has 2 aromatic heterocycles. The van der Waals surface area contributed by atoms with E-state index < -0.39 is 0 Å². The van der Waals surface area contributed by atoms with Gasteiger partial charge in [-0.3, -0.25) is 9.78 Å². The van der Waals surface area contributed by atoms with Crippen LogP contribution in [0.5, 0.6) is 0 Å². The van der Waals surface area contributed by atoms with E-state index in [2.05, 4.69) is 15.0 Å². The van der Waals surface area contributed by atoms with E-state index in [-0.39, 0.29) is 17.6 Å². The summed E-state index contributed by atoms with van der Waals surface area (Å²) in [5, 5.41) is 0. The van der Waals surface area contributed by atoms with Crippen LogP contribution in [0.1, 0.15) is 52.2 Å². The molecule has 1 saturated heterocycles. The van der Waals surface area contributed by atoms with Crippen LogP contribution in [0.2, 0.25) is 0 Å². The van der Waals surface area contributed by atoms with Gasteiger partial charge in [-0.25, -0.2) is 14.4 Å². The van der Waals surface area contributed by atoms with Gasteiger partial charge in [0.2, 0.25) is 0 Å². The van der Waals surface area contributed by atoms with Crippen molar-refractivity contribution in [3.63, 3.8) is 0 Å². The van der Waals surface area contributed by atoms with Crippen molar-refractivity contribution in [2.75, 3.05) is 13.1 Å². The predicted octanol–water partition coefficient (Wildman–Crippen LogP) is 3.52. The van der Waals surface area contributed by atoms with Gasteiger partial charge in [0.15, 0.2) is 5.89 Å². The van der Waals surface area contributed by atoms with E-state index in [0.29, 0.717) is 42.4 Å². The monoisotopic (exact) mass is 380 g/mol. The summed E-state index contributed by atoms with van der Waals surface area (Å²) < 4.78 is 19.7. The molecule has 0 aliphatic carbocycles. The van der Waals surface area contributed by atoms with Crippen LogP contribution in [0.3, 0.4) is 0 Å². The molecule has 1 aliphatic heterocycles. The lowest BCUT2D eigenvalue weighted by Crippen LogP contribution is -2.39. The zero-order valence-corrected chi connectivity index (χ0v) is 15.6. The molecular weight excluding hydrogens is 359 g/mol. The topological polar surface area (TPSA) is 72.1 Å². The molecule has 0 bridgehead atoms. The van der Waals surface area contributed by atoms with Gasteiger partial charge in [0.1, 0.15) is 17.3 Å². The maximum atomic E-state index is 13.8. The van der Waals surface area contributed by atoms with Gasteiger partial charge in [0.25, 0.3) is 5.91 Å². The number of carbonyl (C=O) groups is 1. The summed E-state index contributed by atoms with van der Waals surface area (Å²) in [5.74, 6) is 0.849. The summed E-state index contributed by atoms with van der Waals surface area (Å²) in [6, 6.07) is 6.64. The van der Waals surface area contributed by atoms with Gasteiger partial charge in [0, 0.05) is 25.7 Å². The first-order valence-electron chi connectivity index (χ1n) is 9.36. The van der Waals surface area contributed by atoms with E-state index >= 15 is 0 Å². The Hall–Kier alpha value is -3.09. The number of oxazole rings is 1. The summed E-state index contributed by atoms with van der Waals surface area (Å²) >= 11 is 0. The summed E-state index contributed by atoms with van der Waals surface area (Å²) in [6.07, 6.45) is 6.86. The normalized spacial score (nSPS) is 16.9. The molecule has 0 N–H and O–H groups in total. The first-order chi connectivity index (χ1) is 13.6. The Morgan fingerprint density at radius 1 is 1.21 bits per heavy atom. The smallest absolute Gasteiger partial charge is 0.274 e. The molecule has 1 unspecified atom stereocenters.